The van der Waals surface area contributed by atoms with E-state index in [9.17, 15) is 33.5 Å². The number of nitro groups is 1. The molecule has 3 aromatic carbocycles. The number of benzene rings is 3. The number of aromatic nitrogens is 2. The molecular formula is C59H75N9O10S. The van der Waals surface area contributed by atoms with Crippen molar-refractivity contribution in [2.45, 2.75) is 138 Å². The van der Waals surface area contributed by atoms with E-state index < -0.39 is 48.7 Å². The van der Waals surface area contributed by atoms with Gasteiger partial charge in [-0.3, -0.25) is 24.7 Å². The number of carbonyl (C=O) groups excluding carboxylic acids is 1. The molecule has 2 aliphatic carbocycles. The van der Waals surface area contributed by atoms with Gasteiger partial charge in [0, 0.05) is 101 Å². The number of sulfonamides is 1. The number of hydrogen-bond donors (Lipinski definition) is 5. The van der Waals surface area contributed by atoms with Crippen molar-refractivity contribution in [2.24, 2.45) is 11.3 Å². The normalized spacial score (nSPS) is 26.2. The number of nitrogens with one attached hydrogen (secondary N) is 3. The van der Waals surface area contributed by atoms with Crippen LogP contribution in [-0.4, -0.2) is 145 Å². The van der Waals surface area contributed by atoms with Crippen LogP contribution in [0.1, 0.15) is 119 Å². The summed E-state index contributed by atoms with van der Waals surface area (Å²) < 4.78 is 49.1. The summed E-state index contributed by atoms with van der Waals surface area (Å²) in [6, 6.07) is 22.4. The van der Waals surface area contributed by atoms with E-state index in [1.165, 1.54) is 17.7 Å². The van der Waals surface area contributed by atoms with E-state index in [0.717, 1.165) is 120 Å². The van der Waals surface area contributed by atoms with Gasteiger partial charge in [-0.05, 0) is 156 Å². The van der Waals surface area contributed by atoms with E-state index >= 15 is 0 Å². The van der Waals surface area contributed by atoms with Gasteiger partial charge in [0.1, 0.15) is 23.1 Å². The number of carbonyl (C=O) groups is 1. The van der Waals surface area contributed by atoms with Crippen LogP contribution < -0.4 is 24.6 Å². The van der Waals surface area contributed by atoms with Crippen LogP contribution in [-0.2, 0) is 25.1 Å². The molecule has 6 fully saturated rings. The summed E-state index contributed by atoms with van der Waals surface area (Å²) in [6.45, 7) is 12.9. The Labute approximate surface area is 462 Å². The fourth-order valence-electron chi connectivity index (χ4n) is 14.1. The van der Waals surface area contributed by atoms with Crippen LogP contribution in [0.3, 0.4) is 0 Å². The van der Waals surface area contributed by atoms with Crippen LogP contribution in [0.15, 0.2) is 83.9 Å². The van der Waals surface area contributed by atoms with Gasteiger partial charge in [0.05, 0.1) is 44.9 Å². The van der Waals surface area contributed by atoms with E-state index in [0.29, 0.717) is 74.0 Å². The lowest BCUT2D eigenvalue weighted by Crippen LogP contribution is -2.61. The first-order chi connectivity index (χ1) is 37.9. The lowest BCUT2D eigenvalue weighted by atomic mass is 9.59. The molecule has 0 bridgehead atoms. The Morgan fingerprint density at radius 1 is 0.899 bits per heavy atom. The number of rotatable bonds is 13. The highest BCUT2D eigenvalue weighted by atomic mass is 32.2. The molecule has 0 radical (unpaired) electrons. The van der Waals surface area contributed by atoms with Crippen LogP contribution in [0, 0.1) is 21.4 Å². The molecule has 5 N–H and O–H groups in total. The number of aliphatic hydroxyl groups is 2. The third-order valence-corrected chi connectivity index (χ3v) is 20.0. The Bertz CT molecular complexity index is 3190. The number of anilines is 4. The van der Waals surface area contributed by atoms with Gasteiger partial charge < -0.3 is 44.5 Å². The smallest absolute Gasteiger partial charge is 0.293 e. The Kier molecular flexibility index (Phi) is 14.4. The Morgan fingerprint density at radius 3 is 2.42 bits per heavy atom. The predicted octanol–water partition coefficient (Wildman–Crippen LogP) is 8.15. The van der Waals surface area contributed by atoms with Crippen LogP contribution in [0.2, 0.25) is 0 Å². The standard InChI is InChI=1S/C59H75N9O10S/c1-57(2,70)46-7-5-4-6-44(46)52-36-65(40-15-27-76-28-16-40)25-26-66(52)42-33-59(34-42)20-23-64(24-21-59)41-8-10-45(49(31-41)67-48-17-29-77-37-53(48)78-56-51(67)30-39-14-22-60-54(39)62-56)55(69)63-79(74,75)43-9-11-47(50(32-43)68(72)73)61-35-38-12-18-58(3,71)19-13-38/h4-11,14,22,30-32,38,40,42,48,52-53,61,70-71H,12-13,15-21,23-29,33-37H2,1-3H3,(H,60,62)(H,63,69)/t38-,48-,52-,53-,58-/m0/s1. The van der Waals surface area contributed by atoms with Gasteiger partial charge in [-0.2, -0.15) is 4.98 Å². The first-order valence-corrected chi connectivity index (χ1v) is 30.0. The van der Waals surface area contributed by atoms with Gasteiger partial charge in [0.2, 0.25) is 5.88 Å². The number of piperidine rings is 1. The number of ether oxygens (including phenoxy) is 3. The van der Waals surface area contributed by atoms with Gasteiger partial charge in [-0.25, -0.2) is 13.1 Å². The summed E-state index contributed by atoms with van der Waals surface area (Å²) in [6.07, 6.45) is 11.0. The number of amides is 1. The summed E-state index contributed by atoms with van der Waals surface area (Å²) >= 11 is 0. The number of pyridine rings is 1. The second-order valence-electron chi connectivity index (χ2n) is 24.4. The summed E-state index contributed by atoms with van der Waals surface area (Å²) in [4.78, 5) is 44.1. The average Bonchev–Trinajstić information content (AvgIpc) is 4.09. The maximum Gasteiger partial charge on any atom is 0.293 e. The molecule has 1 spiro atoms. The molecule has 5 aliphatic heterocycles. The molecule has 1 amide bonds. The molecule has 0 unspecified atom stereocenters. The zero-order valence-corrected chi connectivity index (χ0v) is 46.4. The van der Waals surface area contributed by atoms with Gasteiger partial charge in [-0.15, -0.1) is 0 Å². The summed E-state index contributed by atoms with van der Waals surface area (Å²) in [7, 11) is -4.64. The molecule has 19 nitrogen and oxygen atoms in total. The first kappa shape index (κ1) is 53.8. The van der Waals surface area contributed by atoms with Crippen molar-refractivity contribution in [3.8, 4) is 5.88 Å². The monoisotopic (exact) mass is 1100 g/mol. The zero-order chi connectivity index (χ0) is 54.8. The molecule has 3 atom stereocenters. The van der Waals surface area contributed by atoms with Crippen LogP contribution >= 0.6 is 0 Å². The molecule has 12 rings (SSSR count). The second-order valence-corrected chi connectivity index (χ2v) is 26.0. The van der Waals surface area contributed by atoms with Crippen molar-refractivity contribution in [2.75, 3.05) is 80.8 Å². The highest BCUT2D eigenvalue weighted by Gasteiger charge is 2.51. The maximum absolute atomic E-state index is 14.8. The highest BCUT2D eigenvalue weighted by molar-refractivity contribution is 7.90. The Hall–Kier alpha value is -5.87. The minimum Gasteiger partial charge on any atom is -0.468 e. The number of aromatic amines is 1. The van der Waals surface area contributed by atoms with Crippen molar-refractivity contribution in [3.63, 3.8) is 0 Å². The third kappa shape index (κ3) is 10.8. The molecule has 422 valence electrons. The minimum atomic E-state index is -4.64. The van der Waals surface area contributed by atoms with Crippen molar-refractivity contribution in [3.05, 3.63) is 106 Å². The van der Waals surface area contributed by atoms with E-state index in [4.69, 9.17) is 19.2 Å². The topological polar surface area (TPSA) is 228 Å². The number of fused-ring (bicyclic) bond motifs is 3. The van der Waals surface area contributed by atoms with Crippen molar-refractivity contribution >= 4 is 55.4 Å². The van der Waals surface area contributed by atoms with E-state index in [1.54, 1.807) is 12.3 Å². The van der Waals surface area contributed by atoms with Crippen LogP contribution in [0.4, 0.5) is 28.4 Å². The first-order valence-electron chi connectivity index (χ1n) is 28.5. The lowest BCUT2D eigenvalue weighted by molar-refractivity contribution is -0.384. The molecule has 79 heavy (non-hydrogen) atoms. The molecule has 4 saturated heterocycles. The second kappa shape index (κ2) is 21.2. The minimum absolute atomic E-state index is 0.103. The molecule has 20 heteroatoms. The summed E-state index contributed by atoms with van der Waals surface area (Å²) in [5.41, 5.74) is 3.19. The number of H-pyrrole nitrogens is 1. The van der Waals surface area contributed by atoms with Gasteiger partial charge >= 0.3 is 0 Å². The van der Waals surface area contributed by atoms with Gasteiger partial charge in [0.15, 0.2) is 0 Å². The Morgan fingerprint density at radius 2 is 1.66 bits per heavy atom. The van der Waals surface area contributed by atoms with Crippen molar-refractivity contribution in [1.82, 2.24) is 24.5 Å². The molecule has 2 aromatic heterocycles. The largest absolute Gasteiger partial charge is 0.468 e. The Balaban J connectivity index is 0.807. The van der Waals surface area contributed by atoms with Crippen LogP contribution in [0.25, 0.3) is 11.0 Å². The van der Waals surface area contributed by atoms with E-state index in [-0.39, 0.29) is 34.7 Å². The third-order valence-electron chi connectivity index (χ3n) is 18.7. The molecular weight excluding hydrogens is 1030 g/mol. The van der Waals surface area contributed by atoms with Gasteiger partial charge in [-0.1, -0.05) is 24.3 Å². The van der Waals surface area contributed by atoms with Crippen LogP contribution in [0.5, 0.6) is 5.88 Å². The molecule has 2 saturated carbocycles. The number of nitrogens with zero attached hydrogens (tertiary/aromatic N) is 6. The van der Waals surface area contributed by atoms with Crippen molar-refractivity contribution < 1.29 is 42.6 Å². The average molecular weight is 1100 g/mol. The molecule has 7 heterocycles. The molecule has 5 aromatic rings. The SMILES string of the molecule is CC(C)(O)c1ccccc1[C@@H]1CN(C2CCOCC2)CCN1C1CC2(CCN(c3ccc(C(=O)NS(=O)(=O)c4ccc(NC[C@H]5CC[C@](C)(O)CC5)c([N+](=O)[O-])c4)c(N4c5cc6cc[nH]c6nc5O[C@H]5COCC[C@@H]54)c3)CC2)C1. The number of nitro benzene ring substituents is 1. The highest BCUT2D eigenvalue weighted by Crippen LogP contribution is 2.54. The predicted molar refractivity (Wildman–Crippen MR) is 301 cm³/mol. The quantitative estimate of drug-likeness (QED) is 0.0554. The fourth-order valence-corrected chi connectivity index (χ4v) is 15.1. The fraction of sp³-hybridized carbons (Fsp3) is 0.559. The van der Waals surface area contributed by atoms with E-state index in [1.807, 2.05) is 51.1 Å². The summed E-state index contributed by atoms with van der Waals surface area (Å²) in [5, 5.41) is 38.3. The lowest BCUT2D eigenvalue weighted by Gasteiger charge is -2.59. The van der Waals surface area contributed by atoms with E-state index in [2.05, 4.69) is 52.8 Å². The van der Waals surface area contributed by atoms with Gasteiger partial charge in [0.25, 0.3) is 21.6 Å². The summed E-state index contributed by atoms with van der Waals surface area (Å²) in [5.74, 6) is -0.339. The maximum atomic E-state index is 14.8. The zero-order valence-electron chi connectivity index (χ0n) is 45.6. The molecule has 7 aliphatic rings. The number of hydrogen-bond acceptors (Lipinski definition) is 16. The number of piperazine rings is 1. The van der Waals surface area contributed by atoms with Crippen molar-refractivity contribution in [1.29, 1.82) is 0 Å².